The summed E-state index contributed by atoms with van der Waals surface area (Å²) < 4.78 is 0. The Morgan fingerprint density at radius 3 is 2.26 bits per heavy atom. The molecule has 3 rings (SSSR count). The summed E-state index contributed by atoms with van der Waals surface area (Å²) >= 11 is 1.44. The number of primary amides is 1. The molecule has 6 heteroatoms. The Morgan fingerprint density at radius 1 is 1.00 bits per heavy atom. The predicted octanol–water partition coefficient (Wildman–Crippen LogP) is 3.75. The maximum absolute atomic E-state index is 12.2. The van der Waals surface area contributed by atoms with Crippen molar-refractivity contribution in [2.24, 2.45) is 5.73 Å². The highest BCUT2D eigenvalue weighted by atomic mass is 32.2. The van der Waals surface area contributed by atoms with Gasteiger partial charge in [-0.05, 0) is 67.3 Å². The molecule has 1 atom stereocenters. The van der Waals surface area contributed by atoms with Crippen LogP contribution in [0.5, 0.6) is 0 Å². The van der Waals surface area contributed by atoms with E-state index in [1.165, 1.54) is 11.8 Å². The summed E-state index contributed by atoms with van der Waals surface area (Å²) in [6.07, 6.45) is 0. The van der Waals surface area contributed by atoms with Gasteiger partial charge in [-0.25, -0.2) is 0 Å². The molecule has 0 radical (unpaired) electrons. The fourth-order valence-corrected chi connectivity index (χ4v) is 3.89. The third kappa shape index (κ3) is 4.11. The van der Waals surface area contributed by atoms with Crippen molar-refractivity contribution in [3.05, 3.63) is 76.5 Å². The molecule has 4 N–H and O–H groups in total. The number of rotatable bonds is 5. The van der Waals surface area contributed by atoms with E-state index in [2.05, 4.69) is 10.2 Å². The minimum absolute atomic E-state index is 0.440. The van der Waals surface area contributed by atoms with Crippen molar-refractivity contribution < 1.29 is 4.79 Å². The molecule has 1 aromatic heterocycles. The molecule has 138 valence electrons. The maximum atomic E-state index is 12.2. The Balaban J connectivity index is 1.91. The molecule has 0 fully saturated rings. The van der Waals surface area contributed by atoms with Gasteiger partial charge in [0.25, 0.3) is 0 Å². The van der Waals surface area contributed by atoms with Gasteiger partial charge in [-0.1, -0.05) is 36.0 Å². The Morgan fingerprint density at radius 2 is 1.70 bits per heavy atom. The van der Waals surface area contributed by atoms with Gasteiger partial charge in [0.15, 0.2) is 0 Å². The zero-order chi connectivity index (χ0) is 19.6. The lowest BCUT2D eigenvalue weighted by atomic mass is 9.88. The number of nitrogens with zero attached hydrogens (tertiary/aromatic N) is 2. The Labute approximate surface area is 163 Å². The molecular weight excluding hydrogens is 356 g/mol. The SMILES string of the molecule is Cc1ccc(Sc2ccc(C(C(N)=O)c3c(C)cccc3C)nn2)c(N)c1. The van der Waals surface area contributed by atoms with Gasteiger partial charge in [0.05, 0.1) is 5.69 Å². The van der Waals surface area contributed by atoms with Crippen LogP contribution >= 0.6 is 11.8 Å². The van der Waals surface area contributed by atoms with Crippen LogP contribution in [0.15, 0.2) is 58.5 Å². The summed E-state index contributed by atoms with van der Waals surface area (Å²) in [5, 5.41) is 9.27. The van der Waals surface area contributed by atoms with Crippen LogP contribution in [0.4, 0.5) is 5.69 Å². The highest BCUT2D eigenvalue weighted by molar-refractivity contribution is 7.99. The summed E-state index contributed by atoms with van der Waals surface area (Å²) in [6, 6.07) is 15.4. The predicted molar refractivity (Wildman–Crippen MR) is 109 cm³/mol. The second-order valence-electron chi connectivity index (χ2n) is 6.58. The van der Waals surface area contributed by atoms with E-state index in [-0.39, 0.29) is 0 Å². The van der Waals surface area contributed by atoms with Crippen molar-refractivity contribution >= 4 is 23.4 Å². The number of amides is 1. The van der Waals surface area contributed by atoms with Crippen LogP contribution in [-0.2, 0) is 4.79 Å². The molecule has 0 bridgehead atoms. The molecule has 0 spiro atoms. The van der Waals surface area contributed by atoms with Gasteiger partial charge in [-0.3, -0.25) is 4.79 Å². The van der Waals surface area contributed by atoms with Crippen molar-refractivity contribution in [2.45, 2.75) is 36.6 Å². The molecule has 0 aliphatic heterocycles. The normalized spacial score (nSPS) is 12.0. The van der Waals surface area contributed by atoms with E-state index < -0.39 is 11.8 Å². The highest BCUT2D eigenvalue weighted by Crippen LogP contribution is 2.33. The number of aryl methyl sites for hydroxylation is 3. The van der Waals surface area contributed by atoms with Gasteiger partial charge in [-0.2, -0.15) is 5.10 Å². The fourth-order valence-electron chi connectivity index (χ4n) is 3.13. The third-order valence-corrected chi connectivity index (χ3v) is 5.47. The number of carbonyl (C=O) groups is 1. The van der Waals surface area contributed by atoms with Gasteiger partial charge in [0.1, 0.15) is 10.9 Å². The highest BCUT2D eigenvalue weighted by Gasteiger charge is 2.25. The molecule has 1 unspecified atom stereocenters. The number of benzene rings is 2. The number of nitrogens with two attached hydrogens (primary N) is 2. The molecule has 0 aliphatic carbocycles. The van der Waals surface area contributed by atoms with Crippen molar-refractivity contribution in [3.8, 4) is 0 Å². The first-order valence-corrected chi connectivity index (χ1v) is 9.41. The summed E-state index contributed by atoms with van der Waals surface area (Å²) in [5.74, 6) is -1.06. The van der Waals surface area contributed by atoms with E-state index in [4.69, 9.17) is 11.5 Å². The molecule has 0 saturated carbocycles. The molecule has 5 nitrogen and oxygen atoms in total. The summed E-state index contributed by atoms with van der Waals surface area (Å²) in [6.45, 7) is 5.93. The average molecular weight is 379 g/mol. The van der Waals surface area contributed by atoms with Gasteiger partial charge < -0.3 is 11.5 Å². The zero-order valence-electron chi connectivity index (χ0n) is 15.6. The summed E-state index contributed by atoms with van der Waals surface area (Å²) in [5.41, 5.74) is 17.0. The maximum Gasteiger partial charge on any atom is 0.231 e. The van der Waals surface area contributed by atoms with Crippen LogP contribution in [0, 0.1) is 20.8 Å². The van der Waals surface area contributed by atoms with E-state index in [1.54, 1.807) is 6.07 Å². The van der Waals surface area contributed by atoms with E-state index >= 15 is 0 Å². The van der Waals surface area contributed by atoms with Crippen LogP contribution in [0.2, 0.25) is 0 Å². The Bertz CT molecular complexity index is 966. The minimum atomic E-state index is -0.623. The fraction of sp³-hybridized carbons (Fsp3) is 0.190. The van der Waals surface area contributed by atoms with Crippen molar-refractivity contribution in [2.75, 3.05) is 5.73 Å². The zero-order valence-corrected chi connectivity index (χ0v) is 16.4. The largest absolute Gasteiger partial charge is 0.398 e. The Kier molecular flexibility index (Phi) is 5.46. The quantitative estimate of drug-likeness (QED) is 0.659. The first-order valence-electron chi connectivity index (χ1n) is 8.60. The molecule has 3 aromatic rings. The first kappa shape index (κ1) is 18.9. The summed E-state index contributed by atoms with van der Waals surface area (Å²) in [4.78, 5) is 13.1. The van der Waals surface area contributed by atoms with Crippen molar-refractivity contribution in [1.29, 1.82) is 0 Å². The average Bonchev–Trinajstić information content (AvgIpc) is 2.61. The van der Waals surface area contributed by atoms with Crippen LogP contribution in [-0.4, -0.2) is 16.1 Å². The van der Waals surface area contributed by atoms with Crippen LogP contribution < -0.4 is 11.5 Å². The minimum Gasteiger partial charge on any atom is -0.398 e. The van der Waals surface area contributed by atoms with E-state index in [0.29, 0.717) is 16.4 Å². The third-order valence-electron chi connectivity index (χ3n) is 4.45. The number of carbonyl (C=O) groups excluding carboxylic acids is 1. The second kappa shape index (κ2) is 7.80. The smallest absolute Gasteiger partial charge is 0.231 e. The van der Waals surface area contributed by atoms with E-state index in [1.807, 2.05) is 63.2 Å². The standard InChI is InChI=1S/C21H22N4OS/c1-12-7-9-17(15(22)11-12)27-18-10-8-16(24-25-18)20(21(23)26)19-13(2)5-4-6-14(19)3/h4-11,20H,22H2,1-3H3,(H2,23,26). The lowest BCUT2D eigenvalue weighted by Crippen LogP contribution is -2.25. The number of anilines is 1. The van der Waals surface area contributed by atoms with Crippen LogP contribution in [0.25, 0.3) is 0 Å². The molecule has 1 amide bonds. The number of aromatic nitrogens is 2. The lowest BCUT2D eigenvalue weighted by molar-refractivity contribution is -0.118. The van der Waals surface area contributed by atoms with Crippen LogP contribution in [0.3, 0.4) is 0 Å². The van der Waals surface area contributed by atoms with E-state index in [9.17, 15) is 4.79 Å². The van der Waals surface area contributed by atoms with Gasteiger partial charge in [-0.15, -0.1) is 5.10 Å². The summed E-state index contributed by atoms with van der Waals surface area (Å²) in [7, 11) is 0. The van der Waals surface area contributed by atoms with E-state index in [0.717, 1.165) is 27.1 Å². The van der Waals surface area contributed by atoms with Gasteiger partial charge in [0.2, 0.25) is 5.91 Å². The Hall–Kier alpha value is -2.86. The monoisotopic (exact) mass is 378 g/mol. The molecule has 2 aromatic carbocycles. The van der Waals surface area contributed by atoms with Gasteiger partial charge >= 0.3 is 0 Å². The molecule has 27 heavy (non-hydrogen) atoms. The number of hydrogen-bond donors (Lipinski definition) is 2. The topological polar surface area (TPSA) is 94.9 Å². The molecule has 1 heterocycles. The van der Waals surface area contributed by atoms with Crippen molar-refractivity contribution in [3.63, 3.8) is 0 Å². The van der Waals surface area contributed by atoms with Gasteiger partial charge in [0, 0.05) is 10.6 Å². The molecule has 0 aliphatic rings. The first-order chi connectivity index (χ1) is 12.9. The van der Waals surface area contributed by atoms with Crippen molar-refractivity contribution in [1.82, 2.24) is 10.2 Å². The second-order valence-corrected chi connectivity index (χ2v) is 7.64. The molecular formula is C21H22N4OS. The number of hydrogen-bond acceptors (Lipinski definition) is 5. The molecule has 0 saturated heterocycles. The lowest BCUT2D eigenvalue weighted by Gasteiger charge is -2.18. The number of nitrogen functional groups attached to an aromatic ring is 1. The van der Waals surface area contributed by atoms with Crippen LogP contribution in [0.1, 0.15) is 33.9 Å².